The second-order valence-electron chi connectivity index (χ2n) is 5.64. The molecule has 0 aromatic rings. The van der Waals surface area contributed by atoms with E-state index in [4.69, 9.17) is 25.3 Å². The molecular formula is C14H26N3O4PV. The molecule has 9 heteroatoms. The second kappa shape index (κ2) is 11.6. The zero-order valence-electron chi connectivity index (χ0n) is 15.1. The summed E-state index contributed by atoms with van der Waals surface area (Å²) in [6, 6.07) is 2.53. The van der Waals surface area contributed by atoms with Gasteiger partial charge in [-0.15, -0.1) is 0 Å². The molecule has 23 heavy (non-hydrogen) atoms. The molecule has 1 fully saturated rings. The molecule has 0 saturated carbocycles. The monoisotopic (exact) mass is 384 g/mol. The van der Waals surface area contributed by atoms with Gasteiger partial charge in [0.25, 0.3) is 0 Å². The van der Waals surface area contributed by atoms with Crippen LogP contribution in [0.3, 0.4) is 0 Å². The van der Waals surface area contributed by atoms with Crippen LogP contribution in [-0.4, -0.2) is 48.8 Å². The molecule has 1 aliphatic rings. The third kappa shape index (κ3) is 7.25. The Morgan fingerprint density at radius 1 is 1.48 bits per heavy atom. The summed E-state index contributed by atoms with van der Waals surface area (Å²) < 4.78 is 31.2. The minimum atomic E-state index is -1.36. The Hall–Kier alpha value is 0.104. The van der Waals surface area contributed by atoms with Crippen LogP contribution in [0.1, 0.15) is 41.9 Å². The van der Waals surface area contributed by atoms with Gasteiger partial charge in [0.15, 0.2) is 0 Å². The summed E-state index contributed by atoms with van der Waals surface area (Å²) in [6.45, 7) is 8.24. The van der Waals surface area contributed by atoms with E-state index in [0.717, 1.165) is 0 Å². The number of nitrogens with zero attached hydrogens (tertiary/aromatic N) is 3. The van der Waals surface area contributed by atoms with E-state index in [1.165, 1.54) is 0 Å². The summed E-state index contributed by atoms with van der Waals surface area (Å²) in [6.07, 6.45) is 0.117. The van der Waals surface area contributed by atoms with Gasteiger partial charge in [0.2, 0.25) is 0 Å². The van der Waals surface area contributed by atoms with Crippen LogP contribution in [0.4, 0.5) is 0 Å². The Kier molecular flexibility index (Phi) is 9.82. The molecule has 0 radical (unpaired) electrons. The van der Waals surface area contributed by atoms with E-state index in [-0.39, 0.29) is 30.9 Å². The maximum absolute atomic E-state index is 8.74. The van der Waals surface area contributed by atoms with Crippen LogP contribution < -0.4 is 0 Å². The molecule has 1 heterocycles. The van der Waals surface area contributed by atoms with Crippen molar-refractivity contribution in [3.05, 3.63) is 0 Å². The molecule has 0 aromatic carbocycles. The zero-order chi connectivity index (χ0) is 18.1. The van der Waals surface area contributed by atoms with Crippen LogP contribution in [0.2, 0.25) is 0 Å². The summed E-state index contributed by atoms with van der Waals surface area (Å²) in [5.74, 6) is 0. The van der Waals surface area contributed by atoms with Crippen LogP contribution >= 0.6 is 8.53 Å². The van der Waals surface area contributed by atoms with Gasteiger partial charge in [-0.05, 0) is 0 Å². The average molecular weight is 384 g/mol. The Balaban J connectivity index is 2.81. The fourth-order valence-electron chi connectivity index (χ4n) is 2.29. The molecule has 0 spiro atoms. The van der Waals surface area contributed by atoms with Gasteiger partial charge < -0.3 is 0 Å². The molecule has 0 aliphatic carbocycles. The van der Waals surface area contributed by atoms with Gasteiger partial charge in [0.1, 0.15) is 0 Å². The number of nitriles is 1. The third-order valence-corrected chi connectivity index (χ3v) is 5.53. The Bertz CT molecular complexity index is 419. The second-order valence-corrected chi connectivity index (χ2v) is 7.31. The van der Waals surface area contributed by atoms with E-state index in [1.54, 1.807) is 0 Å². The molecule has 0 N–H and O–H groups in total. The van der Waals surface area contributed by atoms with Gasteiger partial charge in [-0.2, -0.15) is 0 Å². The number of ether oxygens (including phenoxy) is 1. The zero-order valence-corrected chi connectivity index (χ0v) is 16.4. The molecule has 2 unspecified atom stereocenters. The molecule has 4 atom stereocenters. The predicted octanol–water partition coefficient (Wildman–Crippen LogP) is 3.10. The first-order valence-electron chi connectivity index (χ1n) is 8.27. The van der Waals surface area contributed by atoms with Crippen molar-refractivity contribution >= 4 is 8.53 Å². The van der Waals surface area contributed by atoms with Crippen LogP contribution in [0.5, 0.6) is 0 Å². The number of rotatable bonds is 11. The first-order chi connectivity index (χ1) is 11.4. The van der Waals surface area contributed by atoms with E-state index < -0.39 is 15.1 Å². The molecule has 131 valence electrons. The van der Waals surface area contributed by atoms with Crippen molar-refractivity contribution in [3.63, 3.8) is 0 Å². The summed E-state index contributed by atoms with van der Waals surface area (Å²) in [5.41, 5.74) is 0. The van der Waals surface area contributed by atoms with Crippen LogP contribution in [-0.2, 0) is 35.9 Å². The molecule has 1 saturated heterocycles. The Morgan fingerprint density at radius 2 is 2.17 bits per heavy atom. The van der Waals surface area contributed by atoms with Crippen molar-refractivity contribution in [1.29, 1.82) is 5.26 Å². The molecule has 7 nitrogen and oxygen atoms in total. The molecule has 0 amide bonds. The molecule has 1 aliphatic heterocycles. The van der Waals surface area contributed by atoms with Crippen molar-refractivity contribution in [3.8, 4) is 6.07 Å². The van der Waals surface area contributed by atoms with Gasteiger partial charge >= 0.3 is 150 Å². The van der Waals surface area contributed by atoms with Gasteiger partial charge in [-0.3, -0.25) is 0 Å². The first kappa shape index (κ1) is 19.4. The van der Waals surface area contributed by atoms with Gasteiger partial charge in [0, 0.05) is 0 Å². The predicted molar refractivity (Wildman–Crippen MR) is 82.8 cm³/mol. The summed E-state index contributed by atoms with van der Waals surface area (Å²) >= 11 is 1.99. The minimum absolute atomic E-state index is 0.227. The topological polar surface area (TPSA) is 76.3 Å². The van der Waals surface area contributed by atoms with Crippen molar-refractivity contribution in [2.24, 2.45) is 3.95 Å². The summed E-state index contributed by atoms with van der Waals surface area (Å²) in [5, 5.41) is 8.74. The Labute approximate surface area is 150 Å². The van der Waals surface area contributed by atoms with E-state index in [1.807, 2.05) is 17.2 Å². The summed E-state index contributed by atoms with van der Waals surface area (Å²) in [7, 11) is -1.36. The van der Waals surface area contributed by atoms with E-state index in [0.29, 0.717) is 19.4 Å². The maximum atomic E-state index is 8.74. The Morgan fingerprint density at radius 3 is 2.74 bits per heavy atom. The van der Waals surface area contributed by atoms with E-state index in [9.17, 15) is 0 Å². The average Bonchev–Trinajstić information content (AvgIpc) is 2.84. The van der Waals surface area contributed by atoms with Gasteiger partial charge in [-0.1, -0.05) is 0 Å². The van der Waals surface area contributed by atoms with Crippen molar-refractivity contribution in [1.82, 2.24) is 4.67 Å². The van der Waals surface area contributed by atoms with Crippen molar-refractivity contribution in [2.45, 2.75) is 64.8 Å². The molecule has 0 bridgehead atoms. The molecular weight excluding hydrogens is 356 g/mol. The van der Waals surface area contributed by atoms with Gasteiger partial charge in [0.05, 0.1) is 0 Å². The molecule has 0 aromatic heterocycles. The number of hydrogen-bond acceptors (Lipinski definition) is 7. The number of hydrogen-bond donors (Lipinski definition) is 0. The van der Waals surface area contributed by atoms with Crippen molar-refractivity contribution < 1.29 is 37.2 Å². The van der Waals surface area contributed by atoms with E-state index in [2.05, 4.69) is 42.4 Å². The van der Waals surface area contributed by atoms with Crippen LogP contribution in [0.25, 0.3) is 0 Å². The summed E-state index contributed by atoms with van der Waals surface area (Å²) in [4.78, 5) is 5.05. The quantitative estimate of drug-likeness (QED) is 0.310. The molecule has 1 rings (SSSR count). The van der Waals surface area contributed by atoms with Crippen LogP contribution in [0, 0.1) is 11.3 Å². The standard InChI is InChI=1S/C14H26N3O4P.V/c1-11(2)17(12(3)4)22(20-8-5-7-15)21-13-6-9-18-14(13)10-19-16;/h11-14H,5-6,8-10H2,1-4H3;/t13?,14-,22?;/m1./s1/i9T;/t9-,13?,14+,22?;/m0.. The third-order valence-electron chi connectivity index (χ3n) is 3.20. The normalized spacial score (nSPS) is 26.5. The fourth-order valence-corrected chi connectivity index (χ4v) is 4.15. The van der Waals surface area contributed by atoms with Crippen molar-refractivity contribution in [2.75, 3.05) is 19.8 Å². The van der Waals surface area contributed by atoms with Gasteiger partial charge in [-0.25, -0.2) is 0 Å². The SMILES string of the molecule is [3H][C@H]1CC(OP(OCCC#N)N(C(C)C)C(C)C)[C@@H](CO[N]=[V])O1. The van der Waals surface area contributed by atoms with E-state index >= 15 is 0 Å². The van der Waals surface area contributed by atoms with Crippen LogP contribution in [0.15, 0.2) is 3.95 Å². The first-order valence-corrected chi connectivity index (χ1v) is 9.45. The fraction of sp³-hybridized carbons (Fsp3) is 0.929.